The molecule has 0 radical (unpaired) electrons. The highest BCUT2D eigenvalue weighted by Crippen LogP contribution is 2.24. The Morgan fingerprint density at radius 3 is 2.59 bits per heavy atom. The van der Waals surface area contributed by atoms with Gasteiger partial charge in [0.05, 0.1) is 25.2 Å². The van der Waals surface area contributed by atoms with Gasteiger partial charge in [-0.3, -0.25) is 9.59 Å². The molecule has 1 fully saturated rings. The molecule has 0 unspecified atom stereocenters. The minimum absolute atomic E-state index is 0.0404. The lowest BCUT2D eigenvalue weighted by Gasteiger charge is -2.33. The number of hydrogen-bond donors (Lipinski definition) is 1. The van der Waals surface area contributed by atoms with Gasteiger partial charge in [-0.05, 0) is 44.0 Å². The van der Waals surface area contributed by atoms with Gasteiger partial charge in [0.25, 0.3) is 0 Å². The minimum atomic E-state index is -0.0404. The number of amides is 1. The zero-order chi connectivity index (χ0) is 20.8. The summed E-state index contributed by atoms with van der Waals surface area (Å²) in [7, 11) is 1.61. The minimum Gasteiger partial charge on any atom is -0.496 e. The maximum atomic E-state index is 12.7. The fraction of sp³-hybridized carbons (Fsp3) is 0.348. The van der Waals surface area contributed by atoms with Gasteiger partial charge in [0.15, 0.2) is 5.78 Å². The fourth-order valence-corrected chi connectivity index (χ4v) is 3.66. The van der Waals surface area contributed by atoms with E-state index in [2.05, 4.69) is 11.4 Å². The summed E-state index contributed by atoms with van der Waals surface area (Å²) in [5.41, 5.74) is 2.68. The summed E-state index contributed by atoms with van der Waals surface area (Å²) < 4.78 is 5.34. The second-order valence-electron chi connectivity index (χ2n) is 7.22. The van der Waals surface area contributed by atoms with Crippen LogP contribution >= 0.6 is 0 Å². The Kier molecular flexibility index (Phi) is 6.50. The number of nitriles is 1. The fourth-order valence-electron chi connectivity index (χ4n) is 3.66. The zero-order valence-corrected chi connectivity index (χ0v) is 16.8. The molecule has 0 saturated carbocycles. The van der Waals surface area contributed by atoms with E-state index < -0.39 is 0 Å². The second-order valence-corrected chi connectivity index (χ2v) is 7.22. The number of piperidine rings is 1. The Labute approximate surface area is 171 Å². The van der Waals surface area contributed by atoms with E-state index >= 15 is 0 Å². The highest BCUT2D eigenvalue weighted by Gasteiger charge is 2.24. The molecular weight excluding hydrogens is 366 g/mol. The van der Waals surface area contributed by atoms with E-state index in [1.165, 1.54) is 6.92 Å². The molecule has 1 aliphatic rings. The molecule has 0 aliphatic carbocycles. The van der Waals surface area contributed by atoms with E-state index in [0.717, 1.165) is 24.2 Å². The number of nitrogens with zero attached hydrogens (tertiary/aromatic N) is 2. The predicted octanol–water partition coefficient (Wildman–Crippen LogP) is 3.42. The number of carbonyl (C=O) groups is 2. The summed E-state index contributed by atoms with van der Waals surface area (Å²) in [5.74, 6) is 0.775. The lowest BCUT2D eigenvalue weighted by molar-refractivity contribution is -0.131. The Morgan fingerprint density at radius 1 is 1.21 bits per heavy atom. The van der Waals surface area contributed by atoms with Gasteiger partial charge in [-0.15, -0.1) is 0 Å². The molecule has 150 valence electrons. The van der Waals surface area contributed by atoms with Crippen LogP contribution in [-0.4, -0.2) is 42.8 Å². The number of carbonyl (C=O) groups excluding carboxylic acids is 2. The van der Waals surface area contributed by atoms with Crippen molar-refractivity contribution in [2.24, 2.45) is 0 Å². The van der Waals surface area contributed by atoms with Gasteiger partial charge in [-0.25, -0.2) is 0 Å². The summed E-state index contributed by atoms with van der Waals surface area (Å²) in [6.45, 7) is 2.82. The standard InChI is InChI=1S/C23H25N3O3/c1-16(27)20-8-7-17(15-24)13-21(20)25-19-9-11-26(12-10-19)23(28)14-18-5-3-4-6-22(18)29-2/h3-8,13,19,25H,9-12,14H2,1-2H3. The molecule has 1 aliphatic heterocycles. The molecule has 1 saturated heterocycles. The van der Waals surface area contributed by atoms with Crippen molar-refractivity contribution in [3.8, 4) is 11.8 Å². The highest BCUT2D eigenvalue weighted by molar-refractivity contribution is 5.99. The molecule has 0 bridgehead atoms. The summed E-state index contributed by atoms with van der Waals surface area (Å²) in [6, 6.07) is 14.9. The van der Waals surface area contributed by atoms with Crippen LogP contribution in [0.1, 0.15) is 41.3 Å². The van der Waals surface area contributed by atoms with Crippen molar-refractivity contribution in [1.82, 2.24) is 4.90 Å². The van der Waals surface area contributed by atoms with Gasteiger partial charge >= 0.3 is 0 Å². The van der Waals surface area contributed by atoms with Crippen LogP contribution in [0.25, 0.3) is 0 Å². The van der Waals surface area contributed by atoms with Crippen LogP contribution < -0.4 is 10.1 Å². The van der Waals surface area contributed by atoms with Crippen molar-refractivity contribution in [2.75, 3.05) is 25.5 Å². The molecule has 0 spiro atoms. The topological polar surface area (TPSA) is 82.4 Å². The molecule has 2 aromatic carbocycles. The number of ketones is 1. The van der Waals surface area contributed by atoms with Gasteiger partial charge in [-0.2, -0.15) is 5.26 Å². The van der Waals surface area contributed by atoms with Crippen molar-refractivity contribution in [1.29, 1.82) is 5.26 Å². The SMILES string of the molecule is COc1ccccc1CC(=O)N1CCC(Nc2cc(C#N)ccc2C(C)=O)CC1. The number of methoxy groups -OCH3 is 1. The summed E-state index contributed by atoms with van der Waals surface area (Å²) in [4.78, 5) is 26.5. The van der Waals surface area contributed by atoms with E-state index in [0.29, 0.717) is 36.3 Å². The Hall–Kier alpha value is -3.33. The summed E-state index contributed by atoms with van der Waals surface area (Å²) in [5, 5.41) is 12.5. The molecule has 6 heteroatoms. The van der Waals surface area contributed by atoms with Crippen molar-refractivity contribution in [3.05, 3.63) is 59.2 Å². The third-order valence-electron chi connectivity index (χ3n) is 5.27. The van der Waals surface area contributed by atoms with Gasteiger partial charge in [0.2, 0.25) is 5.91 Å². The number of anilines is 1. The second kappa shape index (κ2) is 9.24. The average Bonchev–Trinajstić information content (AvgIpc) is 2.74. The van der Waals surface area contributed by atoms with Gasteiger partial charge in [-0.1, -0.05) is 18.2 Å². The zero-order valence-electron chi connectivity index (χ0n) is 16.8. The Bertz CT molecular complexity index is 941. The molecule has 0 atom stereocenters. The van der Waals surface area contributed by atoms with Crippen molar-refractivity contribution in [3.63, 3.8) is 0 Å². The number of Topliss-reactive ketones (excluding diaryl/α,β-unsaturated/α-hetero) is 1. The first-order valence-corrected chi connectivity index (χ1v) is 9.73. The van der Waals surface area contributed by atoms with Crippen LogP contribution in [-0.2, 0) is 11.2 Å². The van der Waals surface area contributed by atoms with Gasteiger partial charge in [0.1, 0.15) is 5.75 Å². The molecule has 0 aromatic heterocycles. The Morgan fingerprint density at radius 2 is 1.93 bits per heavy atom. The molecule has 1 amide bonds. The van der Waals surface area contributed by atoms with Crippen molar-refractivity contribution >= 4 is 17.4 Å². The first-order chi connectivity index (χ1) is 14.0. The maximum absolute atomic E-state index is 12.7. The van der Waals surface area contributed by atoms with E-state index in [9.17, 15) is 9.59 Å². The quantitative estimate of drug-likeness (QED) is 0.763. The predicted molar refractivity (Wildman–Crippen MR) is 111 cm³/mol. The molecule has 29 heavy (non-hydrogen) atoms. The normalized spacial score (nSPS) is 14.2. The number of hydrogen-bond acceptors (Lipinski definition) is 5. The van der Waals surface area contributed by atoms with Crippen LogP contribution in [0.4, 0.5) is 5.69 Å². The van der Waals surface area contributed by atoms with Crippen LogP contribution in [0.15, 0.2) is 42.5 Å². The Balaban J connectivity index is 1.60. The number of nitrogens with one attached hydrogen (secondary N) is 1. The molecule has 6 nitrogen and oxygen atoms in total. The van der Waals surface area contributed by atoms with Crippen LogP contribution in [0.5, 0.6) is 5.75 Å². The van der Waals surface area contributed by atoms with E-state index in [1.807, 2.05) is 29.2 Å². The number of ether oxygens (including phenoxy) is 1. The van der Waals surface area contributed by atoms with E-state index in [4.69, 9.17) is 10.00 Å². The van der Waals surface area contributed by atoms with Crippen molar-refractivity contribution < 1.29 is 14.3 Å². The lowest BCUT2D eigenvalue weighted by Crippen LogP contribution is -2.43. The van der Waals surface area contributed by atoms with Gasteiger partial charge in [0, 0.05) is 35.9 Å². The van der Waals surface area contributed by atoms with Gasteiger partial charge < -0.3 is 15.0 Å². The third-order valence-corrected chi connectivity index (χ3v) is 5.27. The molecule has 2 aromatic rings. The number of rotatable bonds is 6. The van der Waals surface area contributed by atoms with Crippen LogP contribution in [0.2, 0.25) is 0 Å². The number of benzene rings is 2. The van der Waals surface area contributed by atoms with E-state index in [1.54, 1.807) is 25.3 Å². The average molecular weight is 391 g/mol. The molecule has 1 heterocycles. The summed E-state index contributed by atoms with van der Waals surface area (Å²) >= 11 is 0. The first kappa shape index (κ1) is 20.4. The highest BCUT2D eigenvalue weighted by atomic mass is 16.5. The first-order valence-electron chi connectivity index (χ1n) is 9.73. The van der Waals surface area contributed by atoms with E-state index in [-0.39, 0.29) is 17.7 Å². The molecular formula is C23H25N3O3. The number of para-hydroxylation sites is 1. The molecule has 3 rings (SSSR count). The molecule has 1 N–H and O–H groups in total. The van der Waals surface area contributed by atoms with Crippen LogP contribution in [0, 0.1) is 11.3 Å². The largest absolute Gasteiger partial charge is 0.496 e. The monoisotopic (exact) mass is 391 g/mol. The third kappa shape index (κ3) is 4.94. The van der Waals surface area contributed by atoms with Crippen molar-refractivity contribution in [2.45, 2.75) is 32.2 Å². The summed E-state index contributed by atoms with van der Waals surface area (Å²) in [6.07, 6.45) is 1.89. The number of likely N-dealkylation sites (tertiary alicyclic amines) is 1. The van der Waals surface area contributed by atoms with Crippen LogP contribution in [0.3, 0.4) is 0 Å². The lowest BCUT2D eigenvalue weighted by atomic mass is 10.0. The maximum Gasteiger partial charge on any atom is 0.227 e. The smallest absolute Gasteiger partial charge is 0.227 e.